The van der Waals surface area contributed by atoms with Crippen LogP contribution in [0.15, 0.2) is 22.9 Å². The van der Waals surface area contributed by atoms with Gasteiger partial charge in [-0.15, -0.1) is 0 Å². The number of carbonyl (C=O) groups excluding carboxylic acids is 2. The van der Waals surface area contributed by atoms with Crippen molar-refractivity contribution in [2.45, 2.75) is 32.1 Å². The second-order valence-corrected chi connectivity index (χ2v) is 4.48. The molecule has 1 saturated carbocycles. The number of nitrogen functional groups attached to an aromatic ring is 1. The van der Waals surface area contributed by atoms with Crippen LogP contribution in [0.2, 0.25) is 0 Å². The summed E-state index contributed by atoms with van der Waals surface area (Å²) in [4.78, 5) is 41.4. The van der Waals surface area contributed by atoms with Crippen LogP contribution in [0.3, 0.4) is 0 Å². The Morgan fingerprint density at radius 1 is 1.48 bits per heavy atom. The summed E-state index contributed by atoms with van der Waals surface area (Å²) < 4.78 is 63.0. The smallest absolute Gasteiger partial charge is 0.264 e. The molecule has 6 nitrogen and oxygen atoms in total. The van der Waals surface area contributed by atoms with E-state index in [0.717, 1.165) is 0 Å². The second kappa shape index (κ2) is 4.80. The summed E-state index contributed by atoms with van der Waals surface area (Å²) in [5, 5.41) is -0.502. The average Bonchev–Trinajstić information content (AvgIpc) is 2.64. The van der Waals surface area contributed by atoms with Gasteiger partial charge in [0, 0.05) is 18.9 Å². The third-order valence-electron chi connectivity index (χ3n) is 3.14. The Morgan fingerprint density at radius 2 is 2.29 bits per heavy atom. The summed E-state index contributed by atoms with van der Waals surface area (Å²) in [6.07, 6.45) is -5.69. The molecule has 6 heteroatoms. The quantitative estimate of drug-likeness (QED) is 0.628. The molecule has 3 rings (SSSR count). The highest BCUT2D eigenvalue weighted by molar-refractivity contribution is 6.03. The van der Waals surface area contributed by atoms with Gasteiger partial charge < -0.3 is 5.73 Å². The molecule has 1 aromatic carbocycles. The minimum absolute atomic E-state index is 0.437. The highest BCUT2D eigenvalue weighted by Crippen LogP contribution is 2.24. The highest BCUT2D eigenvalue weighted by Gasteiger charge is 2.30. The van der Waals surface area contributed by atoms with E-state index in [2.05, 4.69) is 4.98 Å². The van der Waals surface area contributed by atoms with Crippen molar-refractivity contribution in [1.29, 1.82) is 0 Å². The van der Waals surface area contributed by atoms with E-state index in [0.29, 0.717) is 4.57 Å². The SMILES string of the molecule is [2H]c1c([2H])c(N)c2c(=O)n(C3C(=O)CC(=O)C([2H])([2H])C3[2H])c(C([2H])[2H])nc2c1[2H]. The van der Waals surface area contributed by atoms with E-state index in [1.54, 1.807) is 0 Å². The maximum Gasteiger partial charge on any atom is 0.264 e. The fraction of sp³-hybridized carbons (Fsp3) is 0.333. The fourth-order valence-electron chi connectivity index (χ4n) is 2.17. The van der Waals surface area contributed by atoms with Crippen LogP contribution < -0.4 is 11.3 Å². The lowest BCUT2D eigenvalue weighted by molar-refractivity contribution is -0.132. The van der Waals surface area contributed by atoms with Gasteiger partial charge in [-0.05, 0) is 25.4 Å². The van der Waals surface area contributed by atoms with Gasteiger partial charge in [-0.3, -0.25) is 19.0 Å². The molecular weight excluding hydrogens is 270 g/mol. The van der Waals surface area contributed by atoms with Crippen LogP contribution in [0, 0.1) is 6.88 Å². The Bertz CT molecular complexity index is 1130. The summed E-state index contributed by atoms with van der Waals surface area (Å²) in [5.41, 5.74) is 3.67. The second-order valence-electron chi connectivity index (χ2n) is 4.48. The molecule has 1 aliphatic carbocycles. The van der Waals surface area contributed by atoms with Gasteiger partial charge in [-0.2, -0.15) is 0 Å². The van der Waals surface area contributed by atoms with Gasteiger partial charge in [0.2, 0.25) is 0 Å². The Labute approximate surface area is 131 Å². The number of benzene rings is 1. The van der Waals surface area contributed by atoms with Crippen molar-refractivity contribution >= 4 is 28.2 Å². The Morgan fingerprint density at radius 3 is 3.05 bits per heavy atom. The maximum absolute atomic E-state index is 13.2. The van der Waals surface area contributed by atoms with Crippen molar-refractivity contribution in [3.63, 3.8) is 0 Å². The molecule has 0 aliphatic heterocycles. The number of ketones is 2. The first kappa shape index (κ1) is 6.98. The molecule has 21 heavy (non-hydrogen) atoms. The van der Waals surface area contributed by atoms with Crippen LogP contribution in [0.1, 0.15) is 42.0 Å². The molecule has 2 unspecified atom stereocenters. The van der Waals surface area contributed by atoms with E-state index in [1.165, 1.54) is 0 Å². The third-order valence-corrected chi connectivity index (χ3v) is 3.14. The Hall–Kier alpha value is -2.50. The van der Waals surface area contributed by atoms with Gasteiger partial charge in [0.05, 0.1) is 27.5 Å². The third kappa shape index (κ3) is 2.12. The van der Waals surface area contributed by atoms with Gasteiger partial charge in [0.1, 0.15) is 11.6 Å². The summed E-state index contributed by atoms with van der Waals surface area (Å²) >= 11 is 0. The molecule has 0 bridgehead atoms. The first-order valence-electron chi connectivity index (χ1n) is 10.2. The minimum Gasteiger partial charge on any atom is -0.398 e. The summed E-state index contributed by atoms with van der Waals surface area (Å²) in [7, 11) is 0. The fourth-order valence-corrected chi connectivity index (χ4v) is 2.17. The van der Waals surface area contributed by atoms with Gasteiger partial charge in [0.25, 0.3) is 5.56 Å². The van der Waals surface area contributed by atoms with E-state index >= 15 is 0 Å². The number of nitrogens with zero attached hydrogens (tertiary/aromatic N) is 2. The standard InChI is InChI=1S/C15H15N3O3/c1-8-17-11-4-2-3-10(16)14(11)15(21)18(8)12-6-5-9(19)7-13(12)20/h2-4,12H,5-7,16H2,1H3/i1D2,2D,3D,4D,5D2,6D. The average molecular weight is 293 g/mol. The summed E-state index contributed by atoms with van der Waals surface area (Å²) in [5.74, 6) is -2.73. The van der Waals surface area contributed by atoms with E-state index in [4.69, 9.17) is 16.7 Å². The monoisotopic (exact) mass is 293 g/mol. The van der Waals surface area contributed by atoms with Crippen molar-refractivity contribution in [3.05, 3.63) is 34.3 Å². The molecule has 0 amide bonds. The van der Waals surface area contributed by atoms with Crippen molar-refractivity contribution in [2.24, 2.45) is 0 Å². The first-order valence-corrected chi connectivity index (χ1v) is 5.96. The number of carbonyl (C=O) groups is 2. The lowest BCUT2D eigenvalue weighted by Gasteiger charge is -2.24. The molecule has 2 N–H and O–H groups in total. The van der Waals surface area contributed by atoms with E-state index in [-0.39, 0.29) is 0 Å². The van der Waals surface area contributed by atoms with E-state index in [9.17, 15) is 14.4 Å². The highest BCUT2D eigenvalue weighted by atomic mass is 16.2. The van der Waals surface area contributed by atoms with Crippen molar-refractivity contribution in [3.8, 4) is 0 Å². The number of Topliss-reactive ketones (excluding diaryl/α,β-unsaturated/α-hetero) is 2. The zero-order valence-electron chi connectivity index (χ0n) is 18.6. The van der Waals surface area contributed by atoms with Crippen LogP contribution in [-0.4, -0.2) is 21.1 Å². The van der Waals surface area contributed by atoms with Gasteiger partial charge in [-0.1, -0.05) is 6.04 Å². The molecule has 1 aliphatic rings. The van der Waals surface area contributed by atoms with E-state index in [1.807, 2.05) is 0 Å². The molecule has 2 atom stereocenters. The zero-order valence-corrected chi connectivity index (χ0v) is 10.6. The molecular formula is C15H15N3O3. The Balaban J connectivity index is 2.46. The minimum atomic E-state index is -2.76. The largest absolute Gasteiger partial charge is 0.398 e. The normalized spacial score (nSPS) is 30.7. The maximum atomic E-state index is 13.2. The van der Waals surface area contributed by atoms with Gasteiger partial charge in [0.15, 0.2) is 5.78 Å². The number of hydrogen-bond donors (Lipinski definition) is 1. The summed E-state index contributed by atoms with van der Waals surface area (Å²) in [6.45, 7) is -1.97. The molecule has 1 aromatic heterocycles. The van der Waals surface area contributed by atoms with Gasteiger partial charge >= 0.3 is 0 Å². The number of nitrogens with two attached hydrogens (primary N) is 1. The van der Waals surface area contributed by atoms with Crippen LogP contribution >= 0.6 is 0 Å². The van der Waals surface area contributed by atoms with Crippen LogP contribution in [0.25, 0.3) is 10.9 Å². The topological polar surface area (TPSA) is 95.0 Å². The molecule has 1 fully saturated rings. The summed E-state index contributed by atoms with van der Waals surface area (Å²) in [6, 6.07) is -3.73. The first-order chi connectivity index (χ1) is 13.3. The van der Waals surface area contributed by atoms with Crippen LogP contribution in [0.4, 0.5) is 5.69 Å². The number of hydrogen-bond acceptors (Lipinski definition) is 5. The molecule has 0 radical (unpaired) electrons. The van der Waals surface area contributed by atoms with Crippen LogP contribution in [-0.2, 0) is 9.59 Å². The molecule has 108 valence electrons. The van der Waals surface area contributed by atoms with E-state index < -0.39 is 89.8 Å². The van der Waals surface area contributed by atoms with Crippen molar-refractivity contribution < 1.29 is 20.6 Å². The number of fused-ring (bicyclic) bond motifs is 1. The zero-order chi connectivity index (χ0) is 22.0. The molecule has 0 saturated heterocycles. The number of anilines is 1. The van der Waals surface area contributed by atoms with Crippen molar-refractivity contribution in [2.75, 3.05) is 5.73 Å². The number of aromatic nitrogens is 2. The van der Waals surface area contributed by atoms with Crippen molar-refractivity contribution in [1.82, 2.24) is 9.55 Å². The predicted molar refractivity (Wildman–Crippen MR) is 78.1 cm³/mol. The lowest BCUT2D eigenvalue weighted by atomic mass is 9.92. The molecule has 0 spiro atoms. The van der Waals surface area contributed by atoms with Gasteiger partial charge in [-0.25, -0.2) is 4.98 Å². The Kier molecular flexibility index (Phi) is 1.59. The van der Waals surface area contributed by atoms with Crippen LogP contribution in [0.5, 0.6) is 0 Å². The lowest BCUT2D eigenvalue weighted by Crippen LogP contribution is -2.36. The molecule has 1 heterocycles. The molecule has 2 aromatic rings. The number of aryl methyl sites for hydroxylation is 1. The predicted octanol–water partition coefficient (Wildman–Crippen LogP) is 1.15. The number of rotatable bonds is 1.